The second kappa shape index (κ2) is 8.37. The SMILES string of the molecule is CS(=O)(=O)Nc1ccc(/C=C/C(=O)NCCc2csc3ccccc23)cc1. The van der Waals surface area contributed by atoms with Crippen molar-refractivity contribution in [2.24, 2.45) is 0 Å². The average molecular weight is 401 g/mol. The Bertz CT molecular complexity index is 1070. The largest absolute Gasteiger partial charge is 0.352 e. The Morgan fingerprint density at radius 1 is 1.11 bits per heavy atom. The predicted molar refractivity (Wildman–Crippen MR) is 112 cm³/mol. The molecule has 2 N–H and O–H groups in total. The Morgan fingerprint density at radius 2 is 1.85 bits per heavy atom. The fourth-order valence-electron chi connectivity index (χ4n) is 2.65. The summed E-state index contributed by atoms with van der Waals surface area (Å²) in [4.78, 5) is 12.0. The van der Waals surface area contributed by atoms with Crippen LogP contribution in [0.3, 0.4) is 0 Å². The molecule has 5 nitrogen and oxygen atoms in total. The van der Waals surface area contributed by atoms with Crippen molar-refractivity contribution < 1.29 is 13.2 Å². The maximum absolute atomic E-state index is 12.0. The quantitative estimate of drug-likeness (QED) is 0.595. The Hall–Kier alpha value is -2.64. The van der Waals surface area contributed by atoms with Gasteiger partial charge in [-0.2, -0.15) is 0 Å². The molecule has 1 aromatic heterocycles. The van der Waals surface area contributed by atoms with E-state index < -0.39 is 10.0 Å². The molecule has 3 aromatic rings. The zero-order valence-electron chi connectivity index (χ0n) is 14.8. The number of amides is 1. The molecule has 7 heteroatoms. The lowest BCUT2D eigenvalue weighted by Crippen LogP contribution is -2.23. The first kappa shape index (κ1) is 19.1. The van der Waals surface area contributed by atoms with E-state index in [1.165, 1.54) is 21.7 Å². The van der Waals surface area contributed by atoms with Crippen molar-refractivity contribution in [2.75, 3.05) is 17.5 Å². The van der Waals surface area contributed by atoms with Crippen molar-refractivity contribution in [1.82, 2.24) is 5.32 Å². The van der Waals surface area contributed by atoms with Crippen molar-refractivity contribution in [1.29, 1.82) is 0 Å². The number of thiophene rings is 1. The standard InChI is InChI=1S/C20H20N2O3S2/c1-27(24,25)22-17-9-6-15(7-10-17)8-11-20(23)21-13-12-16-14-26-19-5-3-2-4-18(16)19/h2-11,14,22H,12-13H2,1H3,(H,21,23)/b11-8+. The first-order valence-corrected chi connectivity index (χ1v) is 11.2. The molecule has 0 fully saturated rings. The van der Waals surface area contributed by atoms with Crippen molar-refractivity contribution in [3.63, 3.8) is 0 Å². The van der Waals surface area contributed by atoms with E-state index >= 15 is 0 Å². The number of hydrogen-bond donors (Lipinski definition) is 2. The summed E-state index contributed by atoms with van der Waals surface area (Å²) < 4.78 is 26.0. The number of sulfonamides is 1. The summed E-state index contributed by atoms with van der Waals surface area (Å²) in [7, 11) is -3.29. The molecule has 0 aliphatic rings. The number of rotatable bonds is 7. The van der Waals surface area contributed by atoms with E-state index in [1.54, 1.807) is 41.7 Å². The van der Waals surface area contributed by atoms with E-state index in [0.29, 0.717) is 12.2 Å². The first-order valence-electron chi connectivity index (χ1n) is 8.39. The number of fused-ring (bicyclic) bond motifs is 1. The molecule has 0 bridgehead atoms. The highest BCUT2D eigenvalue weighted by Gasteiger charge is 2.04. The van der Waals surface area contributed by atoms with Gasteiger partial charge in [-0.15, -0.1) is 11.3 Å². The summed E-state index contributed by atoms with van der Waals surface area (Å²) in [6, 6.07) is 15.0. The van der Waals surface area contributed by atoms with Crippen LogP contribution in [0.2, 0.25) is 0 Å². The van der Waals surface area contributed by atoms with Gasteiger partial charge >= 0.3 is 0 Å². The highest BCUT2D eigenvalue weighted by atomic mass is 32.2. The first-order chi connectivity index (χ1) is 12.9. The molecule has 0 aliphatic carbocycles. The van der Waals surface area contributed by atoms with Crippen LogP contribution in [0.1, 0.15) is 11.1 Å². The van der Waals surface area contributed by atoms with Crippen molar-refractivity contribution in [3.05, 3.63) is 71.1 Å². The van der Waals surface area contributed by atoms with E-state index in [-0.39, 0.29) is 5.91 Å². The van der Waals surface area contributed by atoms with Gasteiger partial charge < -0.3 is 5.32 Å². The van der Waals surface area contributed by atoms with Crippen molar-refractivity contribution >= 4 is 49.1 Å². The van der Waals surface area contributed by atoms with Gasteiger partial charge in [0.25, 0.3) is 0 Å². The second-order valence-electron chi connectivity index (χ2n) is 6.13. The maximum Gasteiger partial charge on any atom is 0.244 e. The zero-order chi connectivity index (χ0) is 19.3. The van der Waals surface area contributed by atoms with Gasteiger partial charge in [0, 0.05) is 23.0 Å². The molecule has 0 unspecified atom stereocenters. The van der Waals surface area contributed by atoms with Crippen LogP contribution < -0.4 is 10.0 Å². The minimum absolute atomic E-state index is 0.159. The highest BCUT2D eigenvalue weighted by Crippen LogP contribution is 2.25. The molecule has 27 heavy (non-hydrogen) atoms. The van der Waals surface area contributed by atoms with E-state index in [2.05, 4.69) is 27.6 Å². The average Bonchev–Trinajstić information content (AvgIpc) is 3.03. The monoisotopic (exact) mass is 400 g/mol. The number of hydrogen-bond acceptors (Lipinski definition) is 4. The summed E-state index contributed by atoms with van der Waals surface area (Å²) in [5.41, 5.74) is 2.55. The molecule has 0 atom stereocenters. The fourth-order valence-corrected chi connectivity index (χ4v) is 4.22. The summed E-state index contributed by atoms with van der Waals surface area (Å²) in [5, 5.41) is 6.27. The number of nitrogens with one attached hydrogen (secondary N) is 2. The topological polar surface area (TPSA) is 75.3 Å². The molecular formula is C20H20N2O3S2. The number of carbonyl (C=O) groups excluding carboxylic acids is 1. The summed E-state index contributed by atoms with van der Waals surface area (Å²) in [6.45, 7) is 0.571. The molecule has 140 valence electrons. The molecule has 1 amide bonds. The summed E-state index contributed by atoms with van der Waals surface area (Å²) in [5.74, 6) is -0.159. The van der Waals surface area contributed by atoms with Crippen molar-refractivity contribution in [2.45, 2.75) is 6.42 Å². The van der Waals surface area contributed by atoms with Gasteiger partial charge in [-0.05, 0) is 52.6 Å². The lowest BCUT2D eigenvalue weighted by Gasteiger charge is -2.04. The lowest BCUT2D eigenvalue weighted by molar-refractivity contribution is -0.116. The molecule has 0 saturated carbocycles. The van der Waals surface area contributed by atoms with Crippen LogP contribution in [0.15, 0.2) is 60.0 Å². The molecule has 0 aliphatic heterocycles. The third kappa shape index (κ3) is 5.67. The Labute approximate surface area is 162 Å². The zero-order valence-corrected chi connectivity index (χ0v) is 16.4. The normalized spacial score (nSPS) is 11.7. The molecule has 0 saturated heterocycles. The number of carbonyl (C=O) groups is 1. The van der Waals surface area contributed by atoms with Gasteiger partial charge in [-0.3, -0.25) is 9.52 Å². The summed E-state index contributed by atoms with van der Waals surface area (Å²) in [6.07, 6.45) is 5.06. The van der Waals surface area contributed by atoms with Crippen LogP contribution in [-0.2, 0) is 21.2 Å². The van der Waals surface area contributed by atoms with Crippen LogP contribution in [-0.4, -0.2) is 27.1 Å². The minimum Gasteiger partial charge on any atom is -0.352 e. The lowest BCUT2D eigenvalue weighted by atomic mass is 10.1. The third-order valence-corrected chi connectivity index (χ3v) is 5.51. The predicted octanol–water partition coefficient (Wildman–Crippen LogP) is 3.64. The van der Waals surface area contributed by atoms with Crippen LogP contribution >= 0.6 is 11.3 Å². The third-order valence-electron chi connectivity index (χ3n) is 3.90. The van der Waals surface area contributed by atoms with Gasteiger partial charge in [0.15, 0.2) is 0 Å². The van der Waals surface area contributed by atoms with E-state index in [4.69, 9.17) is 0 Å². The fraction of sp³-hybridized carbons (Fsp3) is 0.150. The van der Waals surface area contributed by atoms with Gasteiger partial charge in [0.2, 0.25) is 15.9 Å². The maximum atomic E-state index is 12.0. The molecular weight excluding hydrogens is 380 g/mol. The number of benzene rings is 2. The Morgan fingerprint density at radius 3 is 2.59 bits per heavy atom. The molecule has 2 aromatic carbocycles. The van der Waals surface area contributed by atoms with E-state index in [0.717, 1.165) is 18.2 Å². The van der Waals surface area contributed by atoms with Crippen LogP contribution in [0.25, 0.3) is 16.2 Å². The smallest absolute Gasteiger partial charge is 0.244 e. The molecule has 1 heterocycles. The van der Waals surface area contributed by atoms with E-state index in [9.17, 15) is 13.2 Å². The van der Waals surface area contributed by atoms with Crippen LogP contribution in [0, 0.1) is 0 Å². The van der Waals surface area contributed by atoms with Gasteiger partial charge in [-0.1, -0.05) is 30.3 Å². The van der Waals surface area contributed by atoms with Gasteiger partial charge in [0.1, 0.15) is 0 Å². The second-order valence-corrected chi connectivity index (χ2v) is 8.79. The van der Waals surface area contributed by atoms with Crippen LogP contribution in [0.5, 0.6) is 0 Å². The van der Waals surface area contributed by atoms with E-state index in [1.807, 2.05) is 12.1 Å². The van der Waals surface area contributed by atoms with Gasteiger partial charge in [-0.25, -0.2) is 8.42 Å². The molecule has 3 rings (SSSR count). The summed E-state index contributed by atoms with van der Waals surface area (Å²) >= 11 is 1.72. The Balaban J connectivity index is 1.50. The molecule has 0 radical (unpaired) electrons. The molecule has 0 spiro atoms. The highest BCUT2D eigenvalue weighted by molar-refractivity contribution is 7.92. The van der Waals surface area contributed by atoms with Crippen molar-refractivity contribution in [3.8, 4) is 0 Å². The van der Waals surface area contributed by atoms with Crippen LogP contribution in [0.4, 0.5) is 5.69 Å². The van der Waals surface area contributed by atoms with Gasteiger partial charge in [0.05, 0.1) is 6.26 Å². The Kier molecular flexibility index (Phi) is 5.93. The minimum atomic E-state index is -3.29. The number of anilines is 1.